The number of anilines is 2. The summed E-state index contributed by atoms with van der Waals surface area (Å²) in [6, 6.07) is 8.19. The Hall–Kier alpha value is -1.88. The second kappa shape index (κ2) is 6.52. The van der Waals surface area contributed by atoms with E-state index in [0.717, 1.165) is 12.1 Å². The van der Waals surface area contributed by atoms with Gasteiger partial charge in [-0.25, -0.2) is 0 Å². The lowest BCUT2D eigenvalue weighted by Gasteiger charge is -2.11. The van der Waals surface area contributed by atoms with Crippen molar-refractivity contribution in [3.05, 3.63) is 35.1 Å². The quantitative estimate of drug-likeness (QED) is 0.912. The van der Waals surface area contributed by atoms with Gasteiger partial charge >= 0.3 is 6.01 Å². The zero-order valence-corrected chi connectivity index (χ0v) is 12.5. The molecule has 0 spiro atoms. The van der Waals surface area contributed by atoms with E-state index >= 15 is 0 Å². The number of rotatable bonds is 5. The highest BCUT2D eigenvalue weighted by Gasteiger charge is 2.09. The molecule has 0 amide bonds. The van der Waals surface area contributed by atoms with Crippen LogP contribution in [0.2, 0.25) is 5.28 Å². The van der Waals surface area contributed by atoms with Gasteiger partial charge in [0, 0.05) is 5.69 Å². The molecule has 106 valence electrons. The van der Waals surface area contributed by atoms with Crippen LogP contribution in [-0.2, 0) is 6.42 Å². The molecule has 1 N–H and O–H groups in total. The van der Waals surface area contributed by atoms with Crippen LogP contribution in [0.3, 0.4) is 0 Å². The lowest BCUT2D eigenvalue weighted by atomic mass is 10.1. The molecule has 1 aromatic heterocycles. The average Bonchev–Trinajstić information content (AvgIpc) is 2.37. The first-order valence-corrected chi connectivity index (χ1v) is 6.89. The maximum Gasteiger partial charge on any atom is 0.322 e. The summed E-state index contributed by atoms with van der Waals surface area (Å²) in [7, 11) is 0. The number of nitrogens with one attached hydrogen (secondary N) is 1. The minimum absolute atomic E-state index is 0.0238. The van der Waals surface area contributed by atoms with Gasteiger partial charge in [0.15, 0.2) is 0 Å². The molecule has 20 heavy (non-hydrogen) atoms. The molecule has 0 aliphatic rings. The van der Waals surface area contributed by atoms with Gasteiger partial charge in [0.1, 0.15) is 0 Å². The fraction of sp³-hybridized carbons (Fsp3) is 0.357. The zero-order valence-electron chi connectivity index (χ0n) is 11.7. The second-order valence-corrected chi connectivity index (χ2v) is 4.85. The summed E-state index contributed by atoms with van der Waals surface area (Å²) in [6.07, 6.45) is 0.890. The SMILES string of the molecule is CCc1ccccc1Nc1nc(Cl)nc(OC(C)C)n1. The number of hydrogen-bond acceptors (Lipinski definition) is 5. The molecule has 0 aliphatic carbocycles. The summed E-state index contributed by atoms with van der Waals surface area (Å²) < 4.78 is 5.44. The average molecular weight is 293 g/mol. The number of para-hydroxylation sites is 1. The molecular weight excluding hydrogens is 276 g/mol. The van der Waals surface area contributed by atoms with Crippen molar-refractivity contribution in [1.29, 1.82) is 0 Å². The van der Waals surface area contributed by atoms with Crippen molar-refractivity contribution in [3.63, 3.8) is 0 Å². The van der Waals surface area contributed by atoms with Crippen molar-refractivity contribution in [2.75, 3.05) is 5.32 Å². The number of hydrogen-bond donors (Lipinski definition) is 1. The Kier molecular flexibility index (Phi) is 4.74. The van der Waals surface area contributed by atoms with Gasteiger partial charge in [-0.05, 0) is 43.5 Å². The predicted molar refractivity (Wildman–Crippen MR) is 79.7 cm³/mol. The van der Waals surface area contributed by atoms with Gasteiger partial charge in [-0.2, -0.15) is 15.0 Å². The van der Waals surface area contributed by atoms with Gasteiger partial charge in [-0.3, -0.25) is 0 Å². The van der Waals surface area contributed by atoms with E-state index in [2.05, 4.69) is 33.3 Å². The number of aromatic nitrogens is 3. The molecule has 0 saturated carbocycles. The molecule has 1 heterocycles. The highest BCUT2D eigenvalue weighted by molar-refractivity contribution is 6.28. The van der Waals surface area contributed by atoms with Gasteiger partial charge < -0.3 is 10.1 Å². The van der Waals surface area contributed by atoms with E-state index in [1.807, 2.05) is 32.0 Å². The number of benzene rings is 1. The summed E-state index contributed by atoms with van der Waals surface area (Å²) in [4.78, 5) is 12.2. The van der Waals surface area contributed by atoms with Gasteiger partial charge in [0.25, 0.3) is 0 Å². The van der Waals surface area contributed by atoms with Crippen molar-refractivity contribution in [1.82, 2.24) is 15.0 Å². The highest BCUT2D eigenvalue weighted by atomic mass is 35.5. The van der Waals surface area contributed by atoms with Crippen molar-refractivity contribution < 1.29 is 4.74 Å². The minimum atomic E-state index is -0.0238. The highest BCUT2D eigenvalue weighted by Crippen LogP contribution is 2.21. The molecule has 1 aromatic carbocycles. The Bertz CT molecular complexity index is 589. The Morgan fingerprint density at radius 2 is 1.95 bits per heavy atom. The van der Waals surface area contributed by atoms with Gasteiger partial charge in [0.2, 0.25) is 11.2 Å². The standard InChI is InChI=1S/C14H17ClN4O/c1-4-10-7-5-6-8-11(10)16-13-17-12(15)18-14(19-13)20-9(2)3/h5-9H,4H2,1-3H3,(H,16,17,18,19). The molecule has 0 bridgehead atoms. The van der Waals surface area contributed by atoms with E-state index in [0.29, 0.717) is 5.95 Å². The van der Waals surface area contributed by atoms with E-state index in [4.69, 9.17) is 16.3 Å². The van der Waals surface area contributed by atoms with E-state index in [9.17, 15) is 0 Å². The van der Waals surface area contributed by atoms with Crippen LogP contribution in [0.1, 0.15) is 26.3 Å². The van der Waals surface area contributed by atoms with Crippen LogP contribution in [-0.4, -0.2) is 21.1 Å². The van der Waals surface area contributed by atoms with E-state index in [1.165, 1.54) is 5.56 Å². The van der Waals surface area contributed by atoms with Gasteiger partial charge in [0.05, 0.1) is 6.10 Å². The minimum Gasteiger partial charge on any atom is -0.461 e. The van der Waals surface area contributed by atoms with Crippen LogP contribution in [0, 0.1) is 0 Å². The summed E-state index contributed by atoms with van der Waals surface area (Å²) in [6.45, 7) is 5.89. The first-order valence-electron chi connectivity index (χ1n) is 6.51. The molecule has 0 fully saturated rings. The molecule has 0 atom stereocenters. The Morgan fingerprint density at radius 3 is 2.65 bits per heavy atom. The monoisotopic (exact) mass is 292 g/mol. The molecular formula is C14H17ClN4O. The van der Waals surface area contributed by atoms with Crippen molar-refractivity contribution in [3.8, 4) is 6.01 Å². The maximum atomic E-state index is 5.89. The van der Waals surface area contributed by atoms with Gasteiger partial charge in [-0.1, -0.05) is 25.1 Å². The normalized spacial score (nSPS) is 10.7. The third-order valence-corrected chi connectivity index (χ3v) is 2.74. The lowest BCUT2D eigenvalue weighted by Crippen LogP contribution is -2.10. The Balaban J connectivity index is 2.26. The topological polar surface area (TPSA) is 59.9 Å². The molecule has 2 aromatic rings. The number of aryl methyl sites for hydroxylation is 1. The van der Waals surface area contributed by atoms with Crippen molar-refractivity contribution in [2.24, 2.45) is 0 Å². The first-order chi connectivity index (χ1) is 9.58. The zero-order chi connectivity index (χ0) is 14.5. The molecule has 0 aliphatic heterocycles. The summed E-state index contributed by atoms with van der Waals surface area (Å²) in [5.74, 6) is 0.376. The Morgan fingerprint density at radius 1 is 1.20 bits per heavy atom. The molecule has 5 nitrogen and oxygen atoms in total. The van der Waals surface area contributed by atoms with Crippen LogP contribution >= 0.6 is 11.6 Å². The van der Waals surface area contributed by atoms with Crippen molar-refractivity contribution >= 4 is 23.2 Å². The van der Waals surface area contributed by atoms with E-state index < -0.39 is 0 Å². The third kappa shape index (κ3) is 3.81. The molecule has 6 heteroatoms. The van der Waals surface area contributed by atoms with Crippen LogP contribution < -0.4 is 10.1 Å². The maximum absolute atomic E-state index is 5.89. The fourth-order valence-corrected chi connectivity index (χ4v) is 1.87. The molecule has 2 rings (SSSR count). The molecule has 0 saturated heterocycles. The first kappa shape index (κ1) is 14.5. The number of ether oxygens (including phenoxy) is 1. The summed E-state index contributed by atoms with van der Waals surface area (Å²) in [5.41, 5.74) is 2.13. The fourth-order valence-electron chi connectivity index (χ4n) is 1.72. The number of nitrogens with zero attached hydrogens (tertiary/aromatic N) is 3. The van der Waals surface area contributed by atoms with Gasteiger partial charge in [-0.15, -0.1) is 0 Å². The summed E-state index contributed by atoms with van der Waals surface area (Å²) >= 11 is 5.89. The second-order valence-electron chi connectivity index (χ2n) is 4.51. The van der Waals surface area contributed by atoms with Crippen LogP contribution in [0.4, 0.5) is 11.6 Å². The van der Waals surface area contributed by atoms with E-state index in [1.54, 1.807) is 0 Å². The Labute approximate surface area is 123 Å². The van der Waals surface area contributed by atoms with Crippen LogP contribution in [0.15, 0.2) is 24.3 Å². The number of halogens is 1. The van der Waals surface area contributed by atoms with E-state index in [-0.39, 0.29) is 17.4 Å². The van der Waals surface area contributed by atoms with Crippen LogP contribution in [0.5, 0.6) is 6.01 Å². The smallest absolute Gasteiger partial charge is 0.322 e. The van der Waals surface area contributed by atoms with Crippen molar-refractivity contribution in [2.45, 2.75) is 33.3 Å². The third-order valence-electron chi connectivity index (χ3n) is 2.57. The lowest BCUT2D eigenvalue weighted by molar-refractivity contribution is 0.222. The summed E-state index contributed by atoms with van der Waals surface area (Å²) in [5, 5.41) is 3.26. The molecule has 0 unspecified atom stereocenters. The molecule has 0 radical (unpaired) electrons. The van der Waals surface area contributed by atoms with Crippen LogP contribution in [0.25, 0.3) is 0 Å². The largest absolute Gasteiger partial charge is 0.461 e. The predicted octanol–water partition coefficient (Wildman–Crippen LogP) is 3.62.